The highest BCUT2D eigenvalue weighted by Crippen LogP contribution is 2.38. The Morgan fingerprint density at radius 2 is 2.16 bits per heavy atom. The van der Waals surface area contributed by atoms with Crippen molar-refractivity contribution in [1.82, 2.24) is 4.98 Å². The fraction of sp³-hybridized carbons (Fsp3) is 0.0667. The molecule has 1 aromatic carbocycles. The largest absolute Gasteiger partial charge is 0.396 e. The van der Waals surface area contributed by atoms with E-state index in [0.717, 1.165) is 23.4 Å². The summed E-state index contributed by atoms with van der Waals surface area (Å²) in [6, 6.07) is 10.5. The zero-order valence-electron chi connectivity index (χ0n) is 9.96. The molecule has 0 amide bonds. The van der Waals surface area contributed by atoms with Gasteiger partial charge >= 0.3 is 10.7 Å². The molecular weight excluding hydrogens is 256 g/mol. The molecule has 5 rings (SSSR count). The number of fused-ring (bicyclic) bond motifs is 7. The topological polar surface area (TPSA) is 29.9 Å². The average Bonchev–Trinajstić information content (AvgIpc) is 3.07. The van der Waals surface area contributed by atoms with Crippen LogP contribution in [0.25, 0.3) is 32.0 Å². The SMILES string of the molecule is c1ccc2c(c1)C[n+]1c-2oc2c3ccncc3sc21. The second-order valence-electron chi connectivity index (χ2n) is 4.76. The molecule has 0 bridgehead atoms. The minimum atomic E-state index is 0.902. The van der Waals surface area contributed by atoms with Crippen LogP contribution in [0.5, 0.6) is 0 Å². The molecule has 0 spiro atoms. The van der Waals surface area contributed by atoms with Gasteiger partial charge in [0.2, 0.25) is 5.58 Å². The van der Waals surface area contributed by atoms with Crippen LogP contribution >= 0.6 is 11.3 Å². The van der Waals surface area contributed by atoms with Crippen molar-refractivity contribution in [2.24, 2.45) is 0 Å². The molecule has 1 aliphatic rings. The predicted octanol–water partition coefficient (Wildman–Crippen LogP) is 3.36. The van der Waals surface area contributed by atoms with Crippen LogP contribution in [0.4, 0.5) is 0 Å². The number of oxazole rings is 1. The van der Waals surface area contributed by atoms with Crippen LogP contribution in [0.2, 0.25) is 0 Å². The molecule has 3 nitrogen and oxygen atoms in total. The van der Waals surface area contributed by atoms with Gasteiger partial charge in [-0.05, 0) is 12.1 Å². The first kappa shape index (κ1) is 9.69. The van der Waals surface area contributed by atoms with E-state index in [0.29, 0.717) is 0 Å². The van der Waals surface area contributed by atoms with Gasteiger partial charge in [-0.25, -0.2) is 0 Å². The molecule has 4 heteroatoms. The first-order chi connectivity index (χ1) is 9.42. The van der Waals surface area contributed by atoms with Crippen molar-refractivity contribution in [2.45, 2.75) is 6.54 Å². The summed E-state index contributed by atoms with van der Waals surface area (Å²) in [6.07, 6.45) is 3.73. The van der Waals surface area contributed by atoms with Gasteiger partial charge in [-0.2, -0.15) is 0 Å². The minimum Gasteiger partial charge on any atom is -0.396 e. The summed E-state index contributed by atoms with van der Waals surface area (Å²) in [4.78, 5) is 5.38. The van der Waals surface area contributed by atoms with Crippen LogP contribution in [-0.2, 0) is 6.54 Å². The summed E-state index contributed by atoms with van der Waals surface area (Å²) in [7, 11) is 0. The van der Waals surface area contributed by atoms with Gasteiger partial charge in [0.05, 0.1) is 10.3 Å². The summed E-state index contributed by atoms with van der Waals surface area (Å²) in [5.74, 6) is 0.982. The van der Waals surface area contributed by atoms with Gasteiger partial charge < -0.3 is 4.42 Å². The lowest BCUT2D eigenvalue weighted by atomic mass is 10.1. The molecule has 90 valence electrons. The van der Waals surface area contributed by atoms with Crippen molar-refractivity contribution in [3.05, 3.63) is 48.3 Å². The molecule has 4 heterocycles. The molecule has 3 aromatic heterocycles. The first-order valence-electron chi connectivity index (χ1n) is 6.19. The Morgan fingerprint density at radius 3 is 3.16 bits per heavy atom. The van der Waals surface area contributed by atoms with Crippen LogP contribution in [-0.4, -0.2) is 4.98 Å². The third-order valence-electron chi connectivity index (χ3n) is 3.70. The minimum absolute atomic E-state index is 0.902. The van der Waals surface area contributed by atoms with E-state index in [1.165, 1.54) is 20.7 Å². The van der Waals surface area contributed by atoms with Gasteiger partial charge in [0.1, 0.15) is 0 Å². The average molecular weight is 265 g/mol. The Hall–Kier alpha value is -2.20. The molecule has 0 atom stereocenters. The molecule has 0 aliphatic carbocycles. The number of pyridine rings is 1. The van der Waals surface area contributed by atoms with Crippen molar-refractivity contribution in [3.63, 3.8) is 0 Å². The van der Waals surface area contributed by atoms with Gasteiger partial charge in [-0.3, -0.25) is 4.98 Å². The normalized spacial score (nSPS) is 13.1. The maximum Gasteiger partial charge on any atom is 0.383 e. The monoisotopic (exact) mass is 265 g/mol. The van der Waals surface area contributed by atoms with Crippen LogP contribution in [0.3, 0.4) is 0 Å². The summed E-state index contributed by atoms with van der Waals surface area (Å²) in [6.45, 7) is 0.902. The van der Waals surface area contributed by atoms with Crippen molar-refractivity contribution < 1.29 is 8.98 Å². The number of thiophene rings is 1. The highest BCUT2D eigenvalue weighted by atomic mass is 32.1. The second kappa shape index (κ2) is 3.22. The smallest absolute Gasteiger partial charge is 0.383 e. The summed E-state index contributed by atoms with van der Waals surface area (Å²) < 4.78 is 9.59. The fourth-order valence-corrected chi connectivity index (χ4v) is 3.91. The summed E-state index contributed by atoms with van der Waals surface area (Å²) in [5.41, 5.74) is 3.54. The Kier molecular flexibility index (Phi) is 1.64. The molecule has 0 unspecified atom stereocenters. The van der Waals surface area contributed by atoms with Crippen LogP contribution < -0.4 is 4.57 Å². The summed E-state index contributed by atoms with van der Waals surface area (Å²) in [5, 5.41) is 1.16. The maximum atomic E-state index is 6.14. The number of hydrogen-bond acceptors (Lipinski definition) is 3. The standard InChI is InChI=1S/C15H9N2OS/c1-2-4-10-9(3-1)8-17-14(10)18-13-11-5-6-16-7-12(11)19-15(13)17/h1-7H,8H2/q+1. The lowest BCUT2D eigenvalue weighted by Crippen LogP contribution is -2.29. The number of nitrogens with zero attached hydrogens (tertiary/aromatic N) is 2. The number of rotatable bonds is 0. The molecule has 0 fully saturated rings. The Balaban J connectivity index is 1.93. The molecule has 1 aliphatic heterocycles. The van der Waals surface area contributed by atoms with E-state index in [9.17, 15) is 0 Å². The van der Waals surface area contributed by atoms with Gasteiger partial charge in [-0.15, -0.1) is 4.57 Å². The zero-order chi connectivity index (χ0) is 12.4. The molecule has 0 radical (unpaired) electrons. The molecule has 0 saturated heterocycles. The molecule has 0 N–H and O–H groups in total. The lowest BCUT2D eigenvalue weighted by Gasteiger charge is -1.89. The van der Waals surface area contributed by atoms with E-state index in [1.54, 1.807) is 11.3 Å². The highest BCUT2D eigenvalue weighted by Gasteiger charge is 2.35. The Bertz CT molecular complexity index is 951. The second-order valence-corrected chi connectivity index (χ2v) is 5.79. The number of benzene rings is 1. The third-order valence-corrected chi connectivity index (χ3v) is 4.84. The molecule has 19 heavy (non-hydrogen) atoms. The maximum absolute atomic E-state index is 6.14. The Labute approximate surface area is 112 Å². The highest BCUT2D eigenvalue weighted by molar-refractivity contribution is 7.25. The van der Waals surface area contributed by atoms with E-state index >= 15 is 0 Å². The first-order valence-corrected chi connectivity index (χ1v) is 7.00. The van der Waals surface area contributed by atoms with E-state index in [1.807, 2.05) is 18.5 Å². The predicted molar refractivity (Wildman–Crippen MR) is 74.1 cm³/mol. The van der Waals surface area contributed by atoms with Crippen LogP contribution in [0, 0.1) is 0 Å². The van der Waals surface area contributed by atoms with E-state index in [-0.39, 0.29) is 0 Å². The van der Waals surface area contributed by atoms with Gasteiger partial charge in [-0.1, -0.05) is 29.5 Å². The summed E-state index contributed by atoms with van der Waals surface area (Å²) >= 11 is 1.75. The third kappa shape index (κ3) is 1.12. The number of aromatic nitrogens is 2. The van der Waals surface area contributed by atoms with Gasteiger partial charge in [0.15, 0.2) is 6.54 Å². The molecule has 4 aromatic rings. The van der Waals surface area contributed by atoms with E-state index in [2.05, 4.69) is 33.8 Å². The van der Waals surface area contributed by atoms with Gasteiger partial charge in [0, 0.05) is 23.3 Å². The van der Waals surface area contributed by atoms with Gasteiger partial charge in [0.25, 0.3) is 0 Å². The fourth-order valence-electron chi connectivity index (χ4n) is 2.82. The number of hydrogen-bond donors (Lipinski definition) is 0. The van der Waals surface area contributed by atoms with E-state index < -0.39 is 0 Å². The van der Waals surface area contributed by atoms with Crippen LogP contribution in [0.1, 0.15) is 5.56 Å². The molecule has 0 saturated carbocycles. The van der Waals surface area contributed by atoms with Crippen LogP contribution in [0.15, 0.2) is 47.1 Å². The lowest BCUT2D eigenvalue weighted by molar-refractivity contribution is -0.647. The quantitative estimate of drug-likeness (QED) is 0.402. The van der Waals surface area contributed by atoms with Crippen molar-refractivity contribution in [2.75, 3.05) is 0 Å². The zero-order valence-corrected chi connectivity index (χ0v) is 10.8. The van der Waals surface area contributed by atoms with Crippen molar-refractivity contribution in [3.8, 4) is 11.5 Å². The Morgan fingerprint density at radius 1 is 1.21 bits per heavy atom. The van der Waals surface area contributed by atoms with E-state index in [4.69, 9.17) is 4.42 Å². The van der Waals surface area contributed by atoms with Crippen molar-refractivity contribution >= 4 is 31.8 Å². The van der Waals surface area contributed by atoms with Crippen molar-refractivity contribution in [1.29, 1.82) is 0 Å². The molecular formula is C15H9N2OS+.